The molecular formula is C26H31N3O3S. The molecule has 0 spiro atoms. The molecule has 1 amide bonds. The van der Waals surface area contributed by atoms with E-state index in [-0.39, 0.29) is 23.3 Å². The lowest BCUT2D eigenvalue weighted by atomic mass is 9.76. The van der Waals surface area contributed by atoms with Gasteiger partial charge in [0.2, 0.25) is 0 Å². The predicted octanol–water partition coefficient (Wildman–Crippen LogP) is 4.97. The van der Waals surface area contributed by atoms with Gasteiger partial charge in [0.15, 0.2) is 5.78 Å². The number of hydrogen-bond acceptors (Lipinski definition) is 5. The van der Waals surface area contributed by atoms with E-state index in [1.54, 1.807) is 17.4 Å². The predicted molar refractivity (Wildman–Crippen MR) is 133 cm³/mol. The van der Waals surface area contributed by atoms with Gasteiger partial charge in [-0.05, 0) is 68.7 Å². The summed E-state index contributed by atoms with van der Waals surface area (Å²) in [7, 11) is 0. The molecule has 1 aromatic carbocycles. The highest BCUT2D eigenvalue weighted by atomic mass is 32.1. The van der Waals surface area contributed by atoms with Crippen LogP contribution in [0.4, 0.5) is 5.69 Å². The van der Waals surface area contributed by atoms with Crippen LogP contribution in [-0.2, 0) is 6.42 Å². The molecular weight excluding hydrogens is 434 g/mol. The van der Waals surface area contributed by atoms with E-state index in [2.05, 4.69) is 36.7 Å². The lowest BCUT2D eigenvalue weighted by Crippen LogP contribution is -2.29. The number of aromatic nitrogens is 1. The number of rotatable bonds is 4. The van der Waals surface area contributed by atoms with E-state index in [9.17, 15) is 14.7 Å². The number of aryl methyl sites for hydroxylation is 1. The van der Waals surface area contributed by atoms with Crippen molar-refractivity contribution in [2.75, 3.05) is 5.32 Å². The number of hydrogen-bond donors (Lipinski definition) is 3. The van der Waals surface area contributed by atoms with Crippen LogP contribution in [0.1, 0.15) is 77.2 Å². The number of nitrogens with zero attached hydrogens (tertiary/aromatic N) is 1. The maximum absolute atomic E-state index is 13.2. The Morgan fingerprint density at radius 3 is 2.61 bits per heavy atom. The molecule has 1 fully saturated rings. The highest BCUT2D eigenvalue weighted by molar-refractivity contribution is 7.18. The molecule has 0 unspecified atom stereocenters. The Morgan fingerprint density at radius 1 is 1.18 bits per heavy atom. The zero-order valence-corrected chi connectivity index (χ0v) is 20.2. The van der Waals surface area contributed by atoms with Crippen molar-refractivity contribution in [1.82, 2.24) is 4.57 Å². The molecule has 2 aliphatic rings. The molecule has 2 heterocycles. The van der Waals surface area contributed by atoms with E-state index in [1.165, 1.54) is 4.88 Å². The average molecular weight is 466 g/mol. The minimum Gasteiger partial charge on any atom is -0.393 e. The first-order valence-electron chi connectivity index (χ1n) is 11.7. The lowest BCUT2D eigenvalue weighted by Gasteiger charge is -2.30. The number of ketones is 1. The molecule has 0 atom stereocenters. The number of nitrogens with two attached hydrogens (primary N) is 1. The molecule has 174 valence electrons. The van der Waals surface area contributed by atoms with Crippen molar-refractivity contribution in [2.45, 2.75) is 71.4 Å². The largest absolute Gasteiger partial charge is 0.393 e. The SMILES string of the molecule is Cc1cc2c3c(n(-c4ccc(C(N)=O)c(N[C@H]5CC[C@H](O)CC5)c4)c2s1)CC(C)(C)CC3=O. The van der Waals surface area contributed by atoms with E-state index in [0.717, 1.165) is 59.3 Å². The second-order valence-electron chi connectivity index (χ2n) is 10.4. The van der Waals surface area contributed by atoms with Gasteiger partial charge in [-0.1, -0.05) is 13.8 Å². The molecule has 0 bridgehead atoms. The third-order valence-electron chi connectivity index (χ3n) is 7.01. The van der Waals surface area contributed by atoms with Gasteiger partial charge in [-0.15, -0.1) is 11.3 Å². The van der Waals surface area contributed by atoms with Crippen LogP contribution in [0.2, 0.25) is 0 Å². The van der Waals surface area contributed by atoms with E-state index < -0.39 is 5.91 Å². The Labute approximate surface area is 197 Å². The molecule has 6 nitrogen and oxygen atoms in total. The molecule has 33 heavy (non-hydrogen) atoms. The van der Waals surface area contributed by atoms with Crippen molar-refractivity contribution >= 4 is 38.9 Å². The van der Waals surface area contributed by atoms with Gasteiger partial charge >= 0.3 is 0 Å². The van der Waals surface area contributed by atoms with Gasteiger partial charge in [0.1, 0.15) is 4.83 Å². The fourth-order valence-electron chi connectivity index (χ4n) is 5.47. The molecule has 1 saturated carbocycles. The molecule has 3 aromatic rings. The van der Waals surface area contributed by atoms with Crippen LogP contribution in [-0.4, -0.2) is 33.5 Å². The van der Waals surface area contributed by atoms with Crippen molar-refractivity contribution in [3.63, 3.8) is 0 Å². The Balaban J connectivity index is 1.65. The minimum absolute atomic E-state index is 0.103. The van der Waals surface area contributed by atoms with Gasteiger partial charge < -0.3 is 20.7 Å². The number of amides is 1. The summed E-state index contributed by atoms with van der Waals surface area (Å²) in [5, 5.41) is 14.4. The van der Waals surface area contributed by atoms with Crippen LogP contribution in [0.5, 0.6) is 0 Å². The third-order valence-corrected chi connectivity index (χ3v) is 8.05. The summed E-state index contributed by atoms with van der Waals surface area (Å²) < 4.78 is 2.21. The number of carbonyl (C=O) groups excluding carboxylic acids is 2. The van der Waals surface area contributed by atoms with E-state index in [4.69, 9.17) is 5.73 Å². The number of primary amides is 1. The molecule has 7 heteroatoms. The number of nitrogens with one attached hydrogen (secondary N) is 1. The Hall–Kier alpha value is -2.64. The first kappa shape index (κ1) is 22.2. The monoisotopic (exact) mass is 465 g/mol. The van der Waals surface area contributed by atoms with Crippen molar-refractivity contribution in [3.8, 4) is 5.69 Å². The molecule has 2 aliphatic carbocycles. The second-order valence-corrected chi connectivity index (χ2v) is 11.7. The maximum Gasteiger partial charge on any atom is 0.250 e. The molecule has 5 rings (SSSR count). The van der Waals surface area contributed by atoms with E-state index in [1.807, 2.05) is 12.1 Å². The van der Waals surface area contributed by atoms with E-state index in [0.29, 0.717) is 17.7 Å². The topological polar surface area (TPSA) is 97.3 Å². The summed E-state index contributed by atoms with van der Waals surface area (Å²) in [5.41, 5.74) is 9.60. The van der Waals surface area contributed by atoms with Crippen LogP contribution in [0.15, 0.2) is 24.3 Å². The molecule has 0 aliphatic heterocycles. The standard InChI is InChI=1S/C26H31N3O3S/c1-14-10-19-23-21(12-26(2,3)13-22(23)31)29(25(19)33-14)16-6-9-18(24(27)32)20(11-16)28-15-4-7-17(30)8-5-15/h6,9-11,15,17,28,30H,4-5,7-8,12-13H2,1-3H3,(H2,27,32)/t15-,17-. The summed E-state index contributed by atoms with van der Waals surface area (Å²) in [6.45, 7) is 6.36. The van der Waals surface area contributed by atoms with Gasteiger partial charge in [0, 0.05) is 45.4 Å². The molecule has 0 radical (unpaired) electrons. The summed E-state index contributed by atoms with van der Waals surface area (Å²) in [4.78, 5) is 27.6. The highest BCUT2D eigenvalue weighted by Crippen LogP contribution is 2.44. The zero-order chi connectivity index (χ0) is 23.5. The normalized spacial score (nSPS) is 22.4. The number of Topliss-reactive ketones (excluding diaryl/α,β-unsaturated/α-hetero) is 1. The summed E-state index contributed by atoms with van der Waals surface area (Å²) in [6.07, 6.45) is 4.32. The highest BCUT2D eigenvalue weighted by Gasteiger charge is 2.36. The van der Waals surface area contributed by atoms with Crippen LogP contribution in [0.25, 0.3) is 15.9 Å². The first-order valence-corrected chi connectivity index (χ1v) is 12.5. The first-order chi connectivity index (χ1) is 15.6. The summed E-state index contributed by atoms with van der Waals surface area (Å²) in [6, 6.07) is 8.01. The van der Waals surface area contributed by atoms with Crippen molar-refractivity contribution in [1.29, 1.82) is 0 Å². The summed E-state index contributed by atoms with van der Waals surface area (Å²) >= 11 is 1.69. The molecule has 0 saturated heterocycles. The maximum atomic E-state index is 13.2. The lowest BCUT2D eigenvalue weighted by molar-refractivity contribution is 0.0911. The van der Waals surface area contributed by atoms with Crippen molar-refractivity contribution in [2.24, 2.45) is 11.1 Å². The van der Waals surface area contributed by atoms with Crippen molar-refractivity contribution < 1.29 is 14.7 Å². The number of aliphatic hydroxyl groups excluding tert-OH is 1. The van der Waals surface area contributed by atoms with Gasteiger partial charge in [-0.3, -0.25) is 9.59 Å². The third kappa shape index (κ3) is 3.97. The number of aliphatic hydroxyl groups is 1. The van der Waals surface area contributed by atoms with Crippen molar-refractivity contribution in [3.05, 3.63) is 46.0 Å². The van der Waals surface area contributed by atoms with Crippen LogP contribution >= 0.6 is 11.3 Å². The average Bonchev–Trinajstić information content (AvgIpc) is 3.22. The summed E-state index contributed by atoms with van der Waals surface area (Å²) in [5.74, 6) is -0.265. The van der Waals surface area contributed by atoms with Gasteiger partial charge in [-0.2, -0.15) is 0 Å². The Morgan fingerprint density at radius 2 is 1.91 bits per heavy atom. The number of fused-ring (bicyclic) bond motifs is 3. The molecule has 2 aromatic heterocycles. The van der Waals surface area contributed by atoms with Crippen LogP contribution < -0.4 is 11.1 Å². The fourth-order valence-corrected chi connectivity index (χ4v) is 6.53. The Kier molecular flexibility index (Phi) is 5.37. The number of thiophene rings is 1. The number of carbonyl (C=O) groups is 2. The zero-order valence-electron chi connectivity index (χ0n) is 19.4. The quantitative estimate of drug-likeness (QED) is 0.507. The number of benzene rings is 1. The minimum atomic E-state index is -0.470. The fraction of sp³-hybridized carbons (Fsp3) is 0.462. The molecule has 4 N–H and O–H groups in total. The van der Waals surface area contributed by atoms with Crippen LogP contribution in [0, 0.1) is 12.3 Å². The Bertz CT molecular complexity index is 1260. The van der Waals surface area contributed by atoms with Gasteiger partial charge in [0.05, 0.1) is 11.7 Å². The van der Waals surface area contributed by atoms with Gasteiger partial charge in [0.25, 0.3) is 5.91 Å². The van der Waals surface area contributed by atoms with E-state index >= 15 is 0 Å². The number of anilines is 1. The van der Waals surface area contributed by atoms with Gasteiger partial charge in [-0.25, -0.2) is 0 Å². The second kappa shape index (κ2) is 7.99. The smallest absolute Gasteiger partial charge is 0.250 e. The van der Waals surface area contributed by atoms with Crippen LogP contribution in [0.3, 0.4) is 0 Å².